The van der Waals surface area contributed by atoms with Crippen molar-refractivity contribution in [2.24, 2.45) is 0 Å². The molecule has 2 aromatic rings. The van der Waals surface area contributed by atoms with Crippen LogP contribution in [-0.4, -0.2) is 23.5 Å². The van der Waals surface area contributed by atoms with Crippen molar-refractivity contribution in [3.05, 3.63) is 59.7 Å². The molecule has 0 spiro atoms. The van der Waals surface area contributed by atoms with Gasteiger partial charge in [-0.1, -0.05) is 24.3 Å². The smallest absolute Gasteiger partial charge is 0.261 e. The minimum Gasteiger partial charge on any atom is -0.507 e. The Labute approximate surface area is 129 Å². The van der Waals surface area contributed by atoms with Gasteiger partial charge in [-0.15, -0.1) is 0 Å². The van der Waals surface area contributed by atoms with E-state index in [2.05, 4.69) is 0 Å². The number of carbonyl (C=O) groups excluding carboxylic acids is 2. The molecule has 0 aliphatic heterocycles. The summed E-state index contributed by atoms with van der Waals surface area (Å²) in [6.07, 6.45) is 0. The SMILES string of the molecule is [2H]C([2H])([2H])C([2H])([2H])Oc1ccccc1C(=O)NC(=O)c1ccccc1O. The molecule has 0 aromatic heterocycles. The number of benzene rings is 2. The van der Waals surface area contributed by atoms with E-state index in [0.29, 0.717) is 0 Å². The van der Waals surface area contributed by atoms with E-state index in [1.807, 2.05) is 5.32 Å². The molecule has 0 aliphatic rings. The number of amides is 2. The van der Waals surface area contributed by atoms with E-state index in [9.17, 15) is 14.7 Å². The first kappa shape index (κ1) is 9.18. The number of phenols is 1. The monoisotopic (exact) mass is 290 g/mol. The molecular weight excluding hydrogens is 270 g/mol. The predicted molar refractivity (Wildman–Crippen MR) is 77.5 cm³/mol. The second-order valence-electron chi connectivity index (χ2n) is 4.00. The van der Waals surface area contributed by atoms with Crippen LogP contribution >= 0.6 is 0 Å². The molecule has 5 nitrogen and oxygen atoms in total. The Morgan fingerprint density at radius 2 is 1.76 bits per heavy atom. The topological polar surface area (TPSA) is 75.6 Å². The number of imide groups is 1. The first-order chi connectivity index (χ1) is 12.0. The number of phenolic OH excluding ortho intramolecular Hbond substituents is 1. The maximum atomic E-state index is 12.3. The normalized spacial score (nSPS) is 14.8. The van der Waals surface area contributed by atoms with E-state index in [-0.39, 0.29) is 22.6 Å². The van der Waals surface area contributed by atoms with Crippen LogP contribution in [0.3, 0.4) is 0 Å². The molecule has 0 radical (unpaired) electrons. The average molecular weight is 290 g/mol. The van der Waals surface area contributed by atoms with Crippen LogP contribution in [0, 0.1) is 0 Å². The number of aromatic hydroxyl groups is 1. The van der Waals surface area contributed by atoms with Gasteiger partial charge in [-0.2, -0.15) is 0 Å². The Balaban J connectivity index is 2.25. The molecule has 2 amide bonds. The first-order valence-corrected chi connectivity index (χ1v) is 5.94. The van der Waals surface area contributed by atoms with Crippen LogP contribution in [0.25, 0.3) is 0 Å². The van der Waals surface area contributed by atoms with E-state index < -0.39 is 25.2 Å². The van der Waals surface area contributed by atoms with Gasteiger partial charge < -0.3 is 9.84 Å². The van der Waals surface area contributed by atoms with Crippen LogP contribution in [0.15, 0.2) is 48.5 Å². The highest BCUT2D eigenvalue weighted by molar-refractivity contribution is 6.12. The lowest BCUT2D eigenvalue weighted by atomic mass is 10.1. The Bertz CT molecular complexity index is 835. The van der Waals surface area contributed by atoms with E-state index in [0.717, 1.165) is 0 Å². The van der Waals surface area contributed by atoms with Crippen molar-refractivity contribution in [3.63, 3.8) is 0 Å². The molecule has 21 heavy (non-hydrogen) atoms. The number of para-hydroxylation sites is 2. The highest BCUT2D eigenvalue weighted by Crippen LogP contribution is 2.19. The quantitative estimate of drug-likeness (QED) is 0.848. The number of nitrogens with one attached hydrogen (secondary N) is 1. The molecule has 108 valence electrons. The van der Waals surface area contributed by atoms with E-state index >= 15 is 0 Å². The van der Waals surface area contributed by atoms with Gasteiger partial charge in [0.2, 0.25) is 0 Å². The molecule has 2 N–H and O–H groups in total. The van der Waals surface area contributed by atoms with Crippen molar-refractivity contribution in [3.8, 4) is 11.5 Å². The molecule has 2 rings (SSSR count). The fourth-order valence-electron chi connectivity index (χ4n) is 1.70. The standard InChI is InChI=1S/C16H15NO4/c1-2-21-14-10-6-4-8-12(14)16(20)17-15(19)11-7-3-5-9-13(11)18/h3-10,18H,2H2,1H3,(H,17,19,20)/i1D3,2D2. The molecule has 0 atom stereocenters. The molecule has 0 aliphatic carbocycles. The highest BCUT2D eigenvalue weighted by atomic mass is 16.5. The van der Waals surface area contributed by atoms with Crippen LogP contribution in [-0.2, 0) is 0 Å². The molecule has 0 heterocycles. The lowest BCUT2D eigenvalue weighted by Crippen LogP contribution is -2.30. The van der Waals surface area contributed by atoms with Crippen molar-refractivity contribution in [2.45, 2.75) is 6.85 Å². The van der Waals surface area contributed by atoms with Gasteiger partial charge in [0.25, 0.3) is 11.8 Å². The Morgan fingerprint density at radius 3 is 2.48 bits per heavy atom. The second kappa shape index (κ2) is 6.56. The van der Waals surface area contributed by atoms with Crippen LogP contribution in [0.2, 0.25) is 0 Å². The third kappa shape index (κ3) is 3.39. The Hall–Kier alpha value is -2.82. The summed E-state index contributed by atoms with van der Waals surface area (Å²) < 4.78 is 41.4. The summed E-state index contributed by atoms with van der Waals surface area (Å²) in [7, 11) is 0. The van der Waals surface area contributed by atoms with Crippen molar-refractivity contribution in [1.82, 2.24) is 5.32 Å². The third-order valence-corrected chi connectivity index (χ3v) is 2.67. The van der Waals surface area contributed by atoms with E-state index in [1.165, 1.54) is 48.5 Å². The highest BCUT2D eigenvalue weighted by Gasteiger charge is 2.17. The molecule has 0 unspecified atom stereocenters. The van der Waals surface area contributed by atoms with Crippen LogP contribution < -0.4 is 10.1 Å². The van der Waals surface area contributed by atoms with Crippen LogP contribution in [0.4, 0.5) is 0 Å². The van der Waals surface area contributed by atoms with Gasteiger partial charge in [-0.25, -0.2) is 0 Å². The molecule has 0 bridgehead atoms. The number of rotatable bonds is 4. The minimum atomic E-state index is -3.08. The summed E-state index contributed by atoms with van der Waals surface area (Å²) in [5.41, 5.74) is -0.360. The van der Waals surface area contributed by atoms with Crippen molar-refractivity contribution in [2.75, 3.05) is 6.56 Å². The maximum Gasteiger partial charge on any atom is 0.261 e. The van der Waals surface area contributed by atoms with Crippen molar-refractivity contribution in [1.29, 1.82) is 0 Å². The number of carbonyl (C=O) groups is 2. The summed E-state index contributed by atoms with van der Waals surface area (Å²) in [5, 5.41) is 11.7. The largest absolute Gasteiger partial charge is 0.507 e. The summed E-state index contributed by atoms with van der Waals surface area (Å²) in [5.74, 6) is -2.46. The lowest BCUT2D eigenvalue weighted by Gasteiger charge is -2.10. The molecular formula is C16H15NO4. The zero-order chi connectivity index (χ0) is 19.5. The van der Waals surface area contributed by atoms with E-state index in [4.69, 9.17) is 11.6 Å². The summed E-state index contributed by atoms with van der Waals surface area (Å²) in [6, 6.07) is 10.9. The van der Waals surface area contributed by atoms with Crippen LogP contribution in [0.1, 0.15) is 34.4 Å². The zero-order valence-electron chi connectivity index (χ0n) is 15.8. The number of hydrogen-bond donors (Lipinski definition) is 2. The predicted octanol–water partition coefficient (Wildman–Crippen LogP) is 2.36. The number of hydrogen-bond acceptors (Lipinski definition) is 4. The lowest BCUT2D eigenvalue weighted by molar-refractivity contribution is 0.0846. The van der Waals surface area contributed by atoms with Gasteiger partial charge in [0.05, 0.1) is 20.4 Å². The van der Waals surface area contributed by atoms with Crippen molar-refractivity contribution < 1.29 is 26.3 Å². The van der Waals surface area contributed by atoms with Gasteiger partial charge in [0.15, 0.2) is 0 Å². The second-order valence-corrected chi connectivity index (χ2v) is 4.00. The van der Waals surface area contributed by atoms with Gasteiger partial charge in [-0.3, -0.25) is 14.9 Å². The van der Waals surface area contributed by atoms with Crippen LogP contribution in [0.5, 0.6) is 11.5 Å². The fraction of sp³-hybridized carbons (Fsp3) is 0.125. The maximum absolute atomic E-state index is 12.3. The molecule has 0 fully saturated rings. The van der Waals surface area contributed by atoms with Gasteiger partial charge in [0.1, 0.15) is 11.5 Å². The average Bonchev–Trinajstić information content (AvgIpc) is 2.54. The molecule has 0 saturated heterocycles. The zero-order valence-corrected chi connectivity index (χ0v) is 10.8. The first-order valence-electron chi connectivity index (χ1n) is 8.44. The molecule has 5 heteroatoms. The fourth-order valence-corrected chi connectivity index (χ4v) is 1.70. The summed E-state index contributed by atoms with van der Waals surface area (Å²) >= 11 is 0. The van der Waals surface area contributed by atoms with Crippen molar-refractivity contribution >= 4 is 11.8 Å². The third-order valence-electron chi connectivity index (χ3n) is 2.67. The van der Waals surface area contributed by atoms with Gasteiger partial charge in [0, 0.05) is 4.11 Å². The Kier molecular flexibility index (Phi) is 2.87. The van der Waals surface area contributed by atoms with Gasteiger partial charge >= 0.3 is 0 Å². The summed E-state index contributed by atoms with van der Waals surface area (Å²) in [4.78, 5) is 24.4. The van der Waals surface area contributed by atoms with E-state index in [1.54, 1.807) is 0 Å². The molecule has 0 saturated carbocycles. The number of ether oxygens (including phenoxy) is 1. The molecule has 2 aromatic carbocycles. The van der Waals surface area contributed by atoms with Gasteiger partial charge in [-0.05, 0) is 31.1 Å². The minimum absolute atomic E-state index is 0.128. The Morgan fingerprint density at radius 1 is 1.14 bits per heavy atom. The summed E-state index contributed by atoms with van der Waals surface area (Å²) in [6.45, 7) is -6.12.